The van der Waals surface area contributed by atoms with E-state index in [4.69, 9.17) is 0 Å². The van der Waals surface area contributed by atoms with Gasteiger partial charge in [-0.1, -0.05) is 0 Å². The van der Waals surface area contributed by atoms with Crippen LogP contribution in [0.3, 0.4) is 0 Å². The lowest BCUT2D eigenvalue weighted by molar-refractivity contribution is 0.719. The van der Waals surface area contributed by atoms with Crippen LogP contribution in [-0.4, -0.2) is 14.5 Å². The van der Waals surface area contributed by atoms with Crippen LogP contribution in [0.5, 0.6) is 0 Å². The van der Waals surface area contributed by atoms with Crippen LogP contribution < -0.4 is 5.32 Å². The Balaban J connectivity index is 2.05. The molecule has 0 radical (unpaired) electrons. The molecule has 0 atom stereocenters. The van der Waals surface area contributed by atoms with Crippen molar-refractivity contribution >= 4 is 5.69 Å². The van der Waals surface area contributed by atoms with Crippen molar-refractivity contribution < 1.29 is 0 Å². The van der Waals surface area contributed by atoms with E-state index >= 15 is 0 Å². The van der Waals surface area contributed by atoms with Crippen LogP contribution >= 0.6 is 0 Å². The highest BCUT2D eigenvalue weighted by Crippen LogP contribution is 2.12. The maximum absolute atomic E-state index is 4.24. The summed E-state index contributed by atoms with van der Waals surface area (Å²) in [5.41, 5.74) is 3.28. The molecule has 0 aromatic carbocycles. The fourth-order valence-electron chi connectivity index (χ4n) is 1.64. The zero-order valence-corrected chi connectivity index (χ0v) is 9.64. The lowest BCUT2D eigenvalue weighted by atomic mass is 10.3. The Hall–Kier alpha value is -1.84. The van der Waals surface area contributed by atoms with Crippen LogP contribution in [0.4, 0.5) is 5.69 Å². The third-order valence-electron chi connectivity index (χ3n) is 2.61. The highest BCUT2D eigenvalue weighted by molar-refractivity contribution is 5.46. The summed E-state index contributed by atoms with van der Waals surface area (Å²) in [4.78, 5) is 8.37. The predicted octanol–water partition coefficient (Wildman–Crippen LogP) is 2.22. The molecule has 0 aliphatic heterocycles. The van der Waals surface area contributed by atoms with Gasteiger partial charge in [-0.05, 0) is 26.0 Å². The van der Waals surface area contributed by atoms with Crippen molar-refractivity contribution in [3.63, 3.8) is 0 Å². The van der Waals surface area contributed by atoms with Gasteiger partial charge in [-0.2, -0.15) is 0 Å². The molecule has 84 valence electrons. The number of aromatic nitrogens is 3. The van der Waals surface area contributed by atoms with Crippen molar-refractivity contribution in [2.45, 2.75) is 26.9 Å². The lowest BCUT2D eigenvalue weighted by Crippen LogP contribution is -2.07. The van der Waals surface area contributed by atoms with Gasteiger partial charge in [0.25, 0.3) is 0 Å². The molecule has 0 saturated carbocycles. The highest BCUT2D eigenvalue weighted by atomic mass is 15.1. The van der Waals surface area contributed by atoms with E-state index < -0.39 is 0 Å². The van der Waals surface area contributed by atoms with Gasteiger partial charge in [0.05, 0.1) is 29.9 Å². The Bertz CT molecular complexity index is 462. The van der Waals surface area contributed by atoms with Gasteiger partial charge in [-0.25, -0.2) is 4.98 Å². The van der Waals surface area contributed by atoms with Gasteiger partial charge in [0.1, 0.15) is 0 Å². The quantitative estimate of drug-likeness (QED) is 0.852. The Morgan fingerprint density at radius 3 is 3.06 bits per heavy atom. The summed E-state index contributed by atoms with van der Waals surface area (Å²) in [6, 6.07) is 3.97. The van der Waals surface area contributed by atoms with E-state index in [1.165, 1.54) is 5.69 Å². The topological polar surface area (TPSA) is 42.7 Å². The highest BCUT2D eigenvalue weighted by Gasteiger charge is 2.01. The molecule has 0 bridgehead atoms. The molecule has 4 heteroatoms. The maximum atomic E-state index is 4.24. The largest absolute Gasteiger partial charge is 0.378 e. The van der Waals surface area contributed by atoms with Crippen molar-refractivity contribution in [3.05, 3.63) is 42.2 Å². The minimum atomic E-state index is 0.778. The number of rotatable bonds is 4. The Morgan fingerprint density at radius 2 is 2.31 bits per heavy atom. The third-order valence-corrected chi connectivity index (χ3v) is 2.61. The normalized spacial score (nSPS) is 10.4. The Labute approximate surface area is 95.4 Å². The van der Waals surface area contributed by atoms with Gasteiger partial charge in [0, 0.05) is 18.9 Å². The van der Waals surface area contributed by atoms with E-state index in [0.29, 0.717) is 0 Å². The standard InChI is InChI=1S/C12H16N4/c1-3-16-9-13-7-11(16)8-15-12-5-4-6-14-10(12)2/h4-7,9,15H,3,8H2,1-2H3. The molecule has 0 amide bonds. The molecule has 16 heavy (non-hydrogen) atoms. The molecule has 0 aliphatic carbocycles. The van der Waals surface area contributed by atoms with Gasteiger partial charge >= 0.3 is 0 Å². The van der Waals surface area contributed by atoms with Crippen molar-refractivity contribution in [1.82, 2.24) is 14.5 Å². The number of anilines is 1. The number of nitrogens with one attached hydrogen (secondary N) is 1. The Kier molecular flexibility index (Phi) is 3.19. The van der Waals surface area contributed by atoms with Crippen LogP contribution in [0.2, 0.25) is 0 Å². The fraction of sp³-hybridized carbons (Fsp3) is 0.333. The number of imidazole rings is 1. The van der Waals surface area contributed by atoms with Gasteiger partial charge < -0.3 is 9.88 Å². The fourth-order valence-corrected chi connectivity index (χ4v) is 1.64. The van der Waals surface area contributed by atoms with E-state index in [1.54, 1.807) is 6.20 Å². The first-order valence-electron chi connectivity index (χ1n) is 5.45. The molecule has 0 fully saturated rings. The first kappa shape index (κ1) is 10.7. The van der Waals surface area contributed by atoms with Crippen LogP contribution in [0.25, 0.3) is 0 Å². The van der Waals surface area contributed by atoms with E-state index in [-0.39, 0.29) is 0 Å². The molecule has 2 heterocycles. The molecule has 1 N–H and O–H groups in total. The second kappa shape index (κ2) is 4.79. The molecule has 0 saturated heterocycles. The smallest absolute Gasteiger partial charge is 0.0948 e. The molecule has 4 nitrogen and oxygen atoms in total. The van der Waals surface area contributed by atoms with Crippen molar-refractivity contribution in [2.75, 3.05) is 5.32 Å². The summed E-state index contributed by atoms with van der Waals surface area (Å²) in [5.74, 6) is 0. The summed E-state index contributed by atoms with van der Waals surface area (Å²) in [6.45, 7) is 5.84. The summed E-state index contributed by atoms with van der Waals surface area (Å²) in [6.07, 6.45) is 5.55. The molecular formula is C12H16N4. The molecule has 2 rings (SSSR count). The average molecular weight is 216 g/mol. The summed E-state index contributed by atoms with van der Waals surface area (Å²) >= 11 is 0. The summed E-state index contributed by atoms with van der Waals surface area (Å²) in [5, 5.41) is 3.37. The van der Waals surface area contributed by atoms with Crippen molar-refractivity contribution in [1.29, 1.82) is 0 Å². The zero-order chi connectivity index (χ0) is 11.4. The second-order valence-corrected chi connectivity index (χ2v) is 3.66. The van der Waals surface area contributed by atoms with Crippen LogP contribution in [0, 0.1) is 6.92 Å². The van der Waals surface area contributed by atoms with E-state index in [1.807, 2.05) is 31.6 Å². The first-order valence-corrected chi connectivity index (χ1v) is 5.45. The predicted molar refractivity (Wildman–Crippen MR) is 64.2 cm³/mol. The van der Waals surface area contributed by atoms with Crippen molar-refractivity contribution in [2.24, 2.45) is 0 Å². The number of aryl methyl sites for hydroxylation is 2. The second-order valence-electron chi connectivity index (χ2n) is 3.66. The van der Waals surface area contributed by atoms with Gasteiger partial charge in [0.15, 0.2) is 0 Å². The van der Waals surface area contributed by atoms with Gasteiger partial charge in [0.2, 0.25) is 0 Å². The minimum absolute atomic E-state index is 0.778. The molecule has 2 aromatic heterocycles. The lowest BCUT2D eigenvalue weighted by Gasteiger charge is -2.09. The minimum Gasteiger partial charge on any atom is -0.378 e. The average Bonchev–Trinajstić information content (AvgIpc) is 2.75. The number of hydrogen-bond donors (Lipinski definition) is 1. The molecular weight excluding hydrogens is 200 g/mol. The summed E-state index contributed by atoms with van der Waals surface area (Å²) < 4.78 is 2.12. The Morgan fingerprint density at radius 1 is 1.44 bits per heavy atom. The molecule has 0 unspecified atom stereocenters. The number of nitrogens with zero attached hydrogens (tertiary/aromatic N) is 3. The third kappa shape index (κ3) is 2.21. The molecule has 0 aliphatic rings. The van der Waals surface area contributed by atoms with Crippen LogP contribution in [0.15, 0.2) is 30.9 Å². The first-order chi connectivity index (χ1) is 7.81. The van der Waals surface area contributed by atoms with Gasteiger partial charge in [-0.15, -0.1) is 0 Å². The van der Waals surface area contributed by atoms with Crippen LogP contribution in [-0.2, 0) is 13.1 Å². The SMILES string of the molecule is CCn1cncc1CNc1cccnc1C. The molecule has 2 aromatic rings. The molecule has 0 spiro atoms. The van der Waals surface area contributed by atoms with E-state index in [0.717, 1.165) is 24.5 Å². The maximum Gasteiger partial charge on any atom is 0.0948 e. The zero-order valence-electron chi connectivity index (χ0n) is 9.64. The van der Waals surface area contributed by atoms with E-state index in [2.05, 4.69) is 26.8 Å². The van der Waals surface area contributed by atoms with Crippen molar-refractivity contribution in [3.8, 4) is 0 Å². The number of hydrogen-bond acceptors (Lipinski definition) is 3. The number of pyridine rings is 1. The van der Waals surface area contributed by atoms with E-state index in [9.17, 15) is 0 Å². The monoisotopic (exact) mass is 216 g/mol. The summed E-state index contributed by atoms with van der Waals surface area (Å²) in [7, 11) is 0. The van der Waals surface area contributed by atoms with Gasteiger partial charge in [-0.3, -0.25) is 4.98 Å². The van der Waals surface area contributed by atoms with Crippen LogP contribution in [0.1, 0.15) is 18.3 Å².